The van der Waals surface area contributed by atoms with Crippen LogP contribution in [0.2, 0.25) is 0 Å². The van der Waals surface area contributed by atoms with Crippen molar-refractivity contribution in [3.63, 3.8) is 0 Å². The third-order valence-corrected chi connectivity index (χ3v) is 5.32. The van der Waals surface area contributed by atoms with Crippen LogP contribution in [0.3, 0.4) is 0 Å². The number of aryl methyl sites for hydroxylation is 1. The van der Waals surface area contributed by atoms with E-state index in [0.717, 1.165) is 44.3 Å². The van der Waals surface area contributed by atoms with Gasteiger partial charge in [0.2, 0.25) is 5.91 Å². The topological polar surface area (TPSA) is 56.7 Å². The van der Waals surface area contributed by atoms with Crippen LogP contribution in [0.4, 0.5) is 0 Å². The van der Waals surface area contributed by atoms with Gasteiger partial charge in [-0.1, -0.05) is 31.5 Å². The molecule has 1 amide bonds. The van der Waals surface area contributed by atoms with Crippen molar-refractivity contribution in [2.45, 2.75) is 45.1 Å². The molecular weight excluding hydrogens is 471 g/mol. The minimum absolute atomic E-state index is 0. The van der Waals surface area contributed by atoms with E-state index in [0.29, 0.717) is 0 Å². The fourth-order valence-corrected chi connectivity index (χ4v) is 3.66. The van der Waals surface area contributed by atoms with Gasteiger partial charge in [0.25, 0.3) is 0 Å². The quantitative estimate of drug-likeness (QED) is 0.196. The average molecular weight is 504 g/mol. The van der Waals surface area contributed by atoms with Gasteiger partial charge in [-0.25, -0.2) is 0 Å². The van der Waals surface area contributed by atoms with E-state index in [1.54, 1.807) is 0 Å². The summed E-state index contributed by atoms with van der Waals surface area (Å²) >= 11 is 1.82. The van der Waals surface area contributed by atoms with Crippen LogP contribution in [0, 0.1) is 12.8 Å². The third kappa shape index (κ3) is 8.29. The second-order valence-corrected chi connectivity index (χ2v) is 8.16. The summed E-state index contributed by atoms with van der Waals surface area (Å²) < 4.78 is 0. The van der Waals surface area contributed by atoms with Crippen molar-refractivity contribution in [3.8, 4) is 0 Å². The molecule has 0 spiro atoms. The van der Waals surface area contributed by atoms with Crippen LogP contribution in [-0.4, -0.2) is 54.7 Å². The summed E-state index contributed by atoms with van der Waals surface area (Å²) in [7, 11) is 0. The molecule has 1 aromatic rings. The van der Waals surface area contributed by atoms with Gasteiger partial charge in [-0.05, 0) is 32.4 Å². The highest BCUT2D eigenvalue weighted by atomic mass is 127. The zero-order valence-corrected chi connectivity index (χ0v) is 20.0. The first kappa shape index (κ1) is 24.1. The molecule has 27 heavy (non-hydrogen) atoms. The maximum absolute atomic E-state index is 12.1. The first-order valence-electron chi connectivity index (χ1n) is 9.52. The highest BCUT2D eigenvalue weighted by Crippen LogP contribution is 2.18. The van der Waals surface area contributed by atoms with Crippen LogP contribution in [0.1, 0.15) is 32.8 Å². The normalized spacial score (nSPS) is 17.0. The smallest absolute Gasteiger partial charge is 0.225 e. The van der Waals surface area contributed by atoms with Gasteiger partial charge < -0.3 is 15.5 Å². The molecule has 0 aromatic heterocycles. The minimum atomic E-state index is 0. The minimum Gasteiger partial charge on any atom is -0.357 e. The molecular formula is C20H33IN4OS. The molecule has 1 heterocycles. The Kier molecular flexibility index (Phi) is 11.1. The van der Waals surface area contributed by atoms with E-state index in [9.17, 15) is 4.79 Å². The monoisotopic (exact) mass is 504 g/mol. The van der Waals surface area contributed by atoms with E-state index in [1.807, 2.05) is 30.5 Å². The Hall–Kier alpha value is -0.960. The molecule has 2 rings (SSSR count). The van der Waals surface area contributed by atoms with Crippen molar-refractivity contribution in [3.05, 3.63) is 29.8 Å². The zero-order chi connectivity index (χ0) is 18.9. The lowest BCUT2D eigenvalue weighted by atomic mass is 10.2. The average Bonchev–Trinajstić information content (AvgIpc) is 3.08. The van der Waals surface area contributed by atoms with E-state index in [4.69, 9.17) is 0 Å². The van der Waals surface area contributed by atoms with Crippen LogP contribution < -0.4 is 10.6 Å². The van der Waals surface area contributed by atoms with E-state index in [1.165, 1.54) is 10.5 Å². The molecule has 0 aliphatic carbocycles. The standard InChI is InChI=1S/C20H32N4OS.HI/c1-5-21-20(22-11-13-26-18-8-6-16(4)7-9-18)23-17-10-12-24(14-17)19(25)15(2)3;/h6-9,15,17H,5,10-14H2,1-4H3,(H2,21,22,23);1H. The molecule has 1 saturated heterocycles. The molecule has 1 aliphatic rings. The van der Waals surface area contributed by atoms with Crippen molar-refractivity contribution >= 4 is 47.6 Å². The molecule has 0 bridgehead atoms. The SMILES string of the molecule is CCNC(=NCCSc1ccc(C)cc1)NC1CCN(C(=O)C(C)C)C1.I. The third-order valence-electron chi connectivity index (χ3n) is 4.33. The van der Waals surface area contributed by atoms with Crippen LogP contribution in [0.15, 0.2) is 34.2 Å². The van der Waals surface area contributed by atoms with Crippen molar-refractivity contribution < 1.29 is 4.79 Å². The Labute approximate surface area is 185 Å². The zero-order valence-electron chi connectivity index (χ0n) is 16.8. The summed E-state index contributed by atoms with van der Waals surface area (Å²) in [5.74, 6) is 2.10. The lowest BCUT2D eigenvalue weighted by Gasteiger charge is -2.20. The predicted octanol–water partition coefficient (Wildman–Crippen LogP) is 3.52. The maximum atomic E-state index is 12.1. The van der Waals surface area contributed by atoms with Crippen LogP contribution >= 0.6 is 35.7 Å². The Balaban J connectivity index is 0.00000364. The highest BCUT2D eigenvalue weighted by Gasteiger charge is 2.27. The molecule has 7 heteroatoms. The number of halogens is 1. The Morgan fingerprint density at radius 2 is 2.04 bits per heavy atom. The molecule has 2 N–H and O–H groups in total. The fraction of sp³-hybridized carbons (Fsp3) is 0.600. The predicted molar refractivity (Wildman–Crippen MR) is 126 cm³/mol. The number of hydrogen-bond donors (Lipinski definition) is 2. The highest BCUT2D eigenvalue weighted by molar-refractivity contribution is 14.0. The largest absolute Gasteiger partial charge is 0.357 e. The molecule has 1 aliphatic heterocycles. The van der Waals surface area contributed by atoms with Gasteiger partial charge >= 0.3 is 0 Å². The number of nitrogens with one attached hydrogen (secondary N) is 2. The number of nitrogens with zero attached hydrogens (tertiary/aromatic N) is 2. The number of aliphatic imine (C=N–C) groups is 1. The number of likely N-dealkylation sites (tertiary alicyclic amines) is 1. The Morgan fingerprint density at radius 1 is 1.33 bits per heavy atom. The van der Waals surface area contributed by atoms with Gasteiger partial charge in [-0.15, -0.1) is 35.7 Å². The molecule has 1 unspecified atom stereocenters. The van der Waals surface area contributed by atoms with Gasteiger partial charge in [0.1, 0.15) is 0 Å². The summed E-state index contributed by atoms with van der Waals surface area (Å²) in [6.45, 7) is 11.3. The van der Waals surface area contributed by atoms with Crippen LogP contribution in [0.25, 0.3) is 0 Å². The molecule has 1 atom stereocenters. The molecule has 1 aromatic carbocycles. The Morgan fingerprint density at radius 3 is 2.67 bits per heavy atom. The second kappa shape index (κ2) is 12.5. The number of guanidine groups is 1. The van der Waals surface area contributed by atoms with E-state index >= 15 is 0 Å². The maximum Gasteiger partial charge on any atom is 0.225 e. The lowest BCUT2D eigenvalue weighted by molar-refractivity contribution is -0.133. The number of carbonyl (C=O) groups excluding carboxylic acids is 1. The molecule has 5 nitrogen and oxygen atoms in total. The molecule has 0 radical (unpaired) electrons. The van der Waals surface area contributed by atoms with Crippen molar-refractivity contribution in [1.29, 1.82) is 0 Å². The van der Waals surface area contributed by atoms with Gasteiger partial charge in [-0.2, -0.15) is 0 Å². The summed E-state index contributed by atoms with van der Waals surface area (Å²) in [5, 5.41) is 6.79. The molecule has 152 valence electrons. The van der Waals surface area contributed by atoms with E-state index < -0.39 is 0 Å². The number of amides is 1. The van der Waals surface area contributed by atoms with Gasteiger partial charge in [0.15, 0.2) is 5.96 Å². The number of hydrogen-bond acceptors (Lipinski definition) is 3. The lowest BCUT2D eigenvalue weighted by Crippen LogP contribution is -2.45. The first-order valence-corrected chi connectivity index (χ1v) is 10.5. The van der Waals surface area contributed by atoms with Crippen molar-refractivity contribution in [2.75, 3.05) is 31.9 Å². The van der Waals surface area contributed by atoms with Crippen LogP contribution in [-0.2, 0) is 4.79 Å². The molecule has 1 fully saturated rings. The van der Waals surface area contributed by atoms with Gasteiger partial charge in [0, 0.05) is 42.2 Å². The van der Waals surface area contributed by atoms with Crippen molar-refractivity contribution in [1.82, 2.24) is 15.5 Å². The second-order valence-electron chi connectivity index (χ2n) is 6.99. The fourth-order valence-electron chi connectivity index (χ4n) is 2.91. The van der Waals surface area contributed by atoms with E-state index in [-0.39, 0.29) is 41.8 Å². The number of benzene rings is 1. The number of rotatable bonds is 7. The van der Waals surface area contributed by atoms with Crippen LogP contribution in [0.5, 0.6) is 0 Å². The summed E-state index contributed by atoms with van der Waals surface area (Å²) in [4.78, 5) is 20.0. The van der Waals surface area contributed by atoms with Gasteiger partial charge in [0.05, 0.1) is 6.54 Å². The number of carbonyl (C=O) groups is 1. The van der Waals surface area contributed by atoms with Crippen molar-refractivity contribution in [2.24, 2.45) is 10.9 Å². The summed E-state index contributed by atoms with van der Waals surface area (Å²) in [6.07, 6.45) is 0.973. The number of thioether (sulfide) groups is 1. The summed E-state index contributed by atoms with van der Waals surface area (Å²) in [5.41, 5.74) is 1.28. The first-order chi connectivity index (χ1) is 12.5. The molecule has 0 saturated carbocycles. The van der Waals surface area contributed by atoms with E-state index in [2.05, 4.69) is 53.7 Å². The van der Waals surface area contributed by atoms with Gasteiger partial charge in [-0.3, -0.25) is 9.79 Å². The summed E-state index contributed by atoms with van der Waals surface area (Å²) in [6, 6.07) is 8.88. The Bertz CT molecular complexity index is 607.